The van der Waals surface area contributed by atoms with Gasteiger partial charge in [-0.1, -0.05) is 36.4 Å². The van der Waals surface area contributed by atoms with Crippen LogP contribution in [0.3, 0.4) is 0 Å². The van der Waals surface area contributed by atoms with Crippen LogP contribution in [0.1, 0.15) is 34.1 Å². The van der Waals surface area contributed by atoms with E-state index >= 15 is 0 Å². The van der Waals surface area contributed by atoms with Gasteiger partial charge in [0.2, 0.25) is 0 Å². The van der Waals surface area contributed by atoms with Crippen molar-refractivity contribution in [3.05, 3.63) is 71.8 Å². The number of carbonyl (C=O) groups excluding carboxylic acids is 2. The minimum Gasteiger partial charge on any atom is -0.456 e. The SMILES string of the molecule is CC1O[C@@H](O)[C@H](OC(=O)c2ccccc2)C[C@H]1OC(=O)c1ccccc1. The topological polar surface area (TPSA) is 82.1 Å². The zero-order chi connectivity index (χ0) is 18.5. The van der Waals surface area contributed by atoms with Crippen LogP contribution in [-0.4, -0.2) is 41.6 Å². The zero-order valence-corrected chi connectivity index (χ0v) is 14.3. The van der Waals surface area contributed by atoms with Crippen molar-refractivity contribution < 1.29 is 28.9 Å². The Morgan fingerprint density at radius 3 is 1.85 bits per heavy atom. The van der Waals surface area contributed by atoms with Crippen molar-refractivity contribution in [2.75, 3.05) is 0 Å². The fourth-order valence-electron chi connectivity index (χ4n) is 2.74. The molecule has 0 aromatic heterocycles. The van der Waals surface area contributed by atoms with Gasteiger partial charge in [-0.15, -0.1) is 0 Å². The van der Waals surface area contributed by atoms with Crippen molar-refractivity contribution in [1.82, 2.24) is 0 Å². The van der Waals surface area contributed by atoms with E-state index < -0.39 is 36.5 Å². The van der Waals surface area contributed by atoms with Crippen LogP contribution in [0.4, 0.5) is 0 Å². The second kappa shape index (κ2) is 8.12. The Hall–Kier alpha value is -2.70. The van der Waals surface area contributed by atoms with E-state index in [9.17, 15) is 14.7 Å². The van der Waals surface area contributed by atoms with E-state index in [4.69, 9.17) is 14.2 Å². The Morgan fingerprint density at radius 2 is 1.35 bits per heavy atom. The summed E-state index contributed by atoms with van der Waals surface area (Å²) >= 11 is 0. The molecule has 0 aliphatic carbocycles. The van der Waals surface area contributed by atoms with Gasteiger partial charge in [-0.05, 0) is 31.2 Å². The summed E-state index contributed by atoms with van der Waals surface area (Å²) in [4.78, 5) is 24.4. The number of aliphatic hydroxyl groups excluding tert-OH is 1. The number of carbonyl (C=O) groups is 2. The lowest BCUT2D eigenvalue weighted by molar-refractivity contribution is -0.240. The number of aliphatic hydroxyl groups is 1. The van der Waals surface area contributed by atoms with Crippen molar-refractivity contribution in [3.8, 4) is 0 Å². The fourth-order valence-corrected chi connectivity index (χ4v) is 2.74. The summed E-state index contributed by atoms with van der Waals surface area (Å²) in [5, 5.41) is 10.1. The van der Waals surface area contributed by atoms with E-state index in [1.54, 1.807) is 67.6 Å². The maximum Gasteiger partial charge on any atom is 0.338 e. The second-order valence-electron chi connectivity index (χ2n) is 6.09. The molecule has 3 rings (SSSR count). The van der Waals surface area contributed by atoms with Crippen molar-refractivity contribution in [2.24, 2.45) is 0 Å². The number of esters is 2. The highest BCUT2D eigenvalue weighted by Crippen LogP contribution is 2.25. The minimum absolute atomic E-state index is 0.152. The monoisotopic (exact) mass is 356 g/mol. The molecule has 1 N–H and O–H groups in total. The molecule has 1 aliphatic rings. The summed E-state index contributed by atoms with van der Waals surface area (Å²) < 4.78 is 16.2. The highest BCUT2D eigenvalue weighted by Gasteiger charge is 2.39. The molecule has 136 valence electrons. The number of benzene rings is 2. The average Bonchev–Trinajstić information content (AvgIpc) is 2.66. The molecule has 1 fully saturated rings. The van der Waals surface area contributed by atoms with Gasteiger partial charge in [0.15, 0.2) is 12.4 Å². The number of rotatable bonds is 4. The highest BCUT2D eigenvalue weighted by molar-refractivity contribution is 5.90. The van der Waals surface area contributed by atoms with Gasteiger partial charge in [0.25, 0.3) is 0 Å². The third kappa shape index (κ3) is 4.28. The fraction of sp³-hybridized carbons (Fsp3) is 0.300. The third-order valence-corrected chi connectivity index (χ3v) is 4.20. The van der Waals surface area contributed by atoms with Gasteiger partial charge < -0.3 is 19.3 Å². The predicted molar refractivity (Wildman–Crippen MR) is 92.5 cm³/mol. The van der Waals surface area contributed by atoms with Crippen LogP contribution in [0.2, 0.25) is 0 Å². The largest absolute Gasteiger partial charge is 0.456 e. The van der Waals surface area contributed by atoms with Crippen molar-refractivity contribution in [1.29, 1.82) is 0 Å². The number of ether oxygens (including phenoxy) is 3. The Kier molecular flexibility index (Phi) is 5.65. The molecular formula is C20H20O6. The summed E-state index contributed by atoms with van der Waals surface area (Å²) in [6, 6.07) is 17.1. The lowest BCUT2D eigenvalue weighted by Crippen LogP contribution is -2.49. The molecule has 4 atom stereocenters. The van der Waals surface area contributed by atoms with Gasteiger partial charge in [0.05, 0.1) is 17.2 Å². The van der Waals surface area contributed by atoms with Gasteiger partial charge in [-0.3, -0.25) is 0 Å². The van der Waals surface area contributed by atoms with Crippen molar-refractivity contribution >= 4 is 11.9 Å². The van der Waals surface area contributed by atoms with E-state index in [2.05, 4.69) is 0 Å². The first-order chi connectivity index (χ1) is 12.5. The predicted octanol–water partition coefficient (Wildman–Crippen LogP) is 2.56. The maximum absolute atomic E-state index is 12.2. The Balaban J connectivity index is 1.65. The molecule has 2 aromatic rings. The summed E-state index contributed by atoms with van der Waals surface area (Å²) in [6.45, 7) is 1.70. The first kappa shape index (κ1) is 18.1. The molecule has 0 spiro atoms. The van der Waals surface area contributed by atoms with Crippen LogP contribution in [0.25, 0.3) is 0 Å². The van der Waals surface area contributed by atoms with Gasteiger partial charge >= 0.3 is 11.9 Å². The molecule has 1 unspecified atom stereocenters. The first-order valence-corrected chi connectivity index (χ1v) is 8.40. The smallest absolute Gasteiger partial charge is 0.338 e. The van der Waals surface area contributed by atoms with Crippen molar-refractivity contribution in [2.45, 2.75) is 37.9 Å². The normalized spacial score (nSPS) is 25.3. The van der Waals surface area contributed by atoms with Gasteiger partial charge in [-0.25, -0.2) is 9.59 Å². The minimum atomic E-state index is -1.27. The van der Waals surface area contributed by atoms with Crippen molar-refractivity contribution in [3.63, 3.8) is 0 Å². The van der Waals surface area contributed by atoms with Crippen LogP contribution >= 0.6 is 0 Å². The average molecular weight is 356 g/mol. The van der Waals surface area contributed by atoms with E-state index in [0.717, 1.165) is 0 Å². The number of hydrogen-bond acceptors (Lipinski definition) is 6. The van der Waals surface area contributed by atoms with E-state index in [1.807, 2.05) is 0 Å². The summed E-state index contributed by atoms with van der Waals surface area (Å²) in [6.07, 6.45) is -3.21. The molecule has 0 saturated carbocycles. The van der Waals surface area contributed by atoms with Gasteiger partial charge in [0, 0.05) is 6.42 Å². The number of hydrogen-bond donors (Lipinski definition) is 1. The Bertz CT molecular complexity index is 682. The van der Waals surface area contributed by atoms with Crippen LogP contribution in [0.15, 0.2) is 60.7 Å². The molecule has 0 bridgehead atoms. The second-order valence-corrected chi connectivity index (χ2v) is 6.09. The third-order valence-electron chi connectivity index (χ3n) is 4.20. The quantitative estimate of drug-likeness (QED) is 0.848. The van der Waals surface area contributed by atoms with E-state index in [-0.39, 0.29) is 6.42 Å². The highest BCUT2D eigenvalue weighted by atomic mass is 16.7. The molecule has 1 heterocycles. The Labute approximate surface area is 151 Å². The van der Waals surface area contributed by atoms with Crippen LogP contribution in [0, 0.1) is 0 Å². The molecule has 0 amide bonds. The van der Waals surface area contributed by atoms with Gasteiger partial charge in [-0.2, -0.15) is 0 Å². The lowest BCUT2D eigenvalue weighted by atomic mass is 10.0. The van der Waals surface area contributed by atoms with Crippen LogP contribution in [-0.2, 0) is 14.2 Å². The molecule has 26 heavy (non-hydrogen) atoms. The Morgan fingerprint density at radius 1 is 0.885 bits per heavy atom. The summed E-state index contributed by atoms with van der Waals surface area (Å²) in [7, 11) is 0. The molecule has 0 radical (unpaired) electrons. The van der Waals surface area contributed by atoms with Gasteiger partial charge in [0.1, 0.15) is 6.10 Å². The summed E-state index contributed by atoms with van der Waals surface area (Å²) in [5.74, 6) is -1.06. The zero-order valence-electron chi connectivity index (χ0n) is 14.3. The first-order valence-electron chi connectivity index (χ1n) is 8.40. The van der Waals surface area contributed by atoms with E-state index in [0.29, 0.717) is 11.1 Å². The molecular weight excluding hydrogens is 336 g/mol. The molecule has 1 saturated heterocycles. The van der Waals surface area contributed by atoms with E-state index in [1.165, 1.54) is 0 Å². The van der Waals surface area contributed by atoms with Crippen LogP contribution < -0.4 is 0 Å². The van der Waals surface area contributed by atoms with Crippen LogP contribution in [0.5, 0.6) is 0 Å². The lowest BCUT2D eigenvalue weighted by Gasteiger charge is -2.36. The molecule has 6 heteroatoms. The molecule has 2 aromatic carbocycles. The standard InChI is InChI=1S/C20H20O6/c1-13-16(25-18(21)14-8-4-2-5-9-14)12-17(20(23)24-13)26-19(22)15-10-6-3-7-11-15/h2-11,13,16-17,20,23H,12H2,1H3/t13?,16-,17-,20-/m1/s1. The molecule has 1 aliphatic heterocycles. The summed E-state index contributed by atoms with van der Waals surface area (Å²) in [5.41, 5.74) is 0.791. The maximum atomic E-state index is 12.2. The molecule has 6 nitrogen and oxygen atoms in total.